The molecule has 2 aromatic rings. The van der Waals surface area contributed by atoms with Gasteiger partial charge in [0.25, 0.3) is 0 Å². The number of fused-ring (bicyclic) bond motifs is 1. The molecule has 30 heavy (non-hydrogen) atoms. The summed E-state index contributed by atoms with van der Waals surface area (Å²) in [5.41, 5.74) is 0.977. The molecule has 0 spiro atoms. The minimum absolute atomic E-state index is 0.150. The van der Waals surface area contributed by atoms with Crippen molar-refractivity contribution in [3.63, 3.8) is 0 Å². The van der Waals surface area contributed by atoms with Crippen molar-refractivity contribution in [3.8, 4) is 0 Å². The first kappa shape index (κ1) is 21.0. The maximum absolute atomic E-state index is 13.2. The van der Waals surface area contributed by atoms with Crippen LogP contribution in [0.3, 0.4) is 0 Å². The van der Waals surface area contributed by atoms with Gasteiger partial charge in [-0.25, -0.2) is 8.42 Å². The van der Waals surface area contributed by atoms with Crippen LogP contribution < -0.4 is 4.72 Å². The molecule has 0 aliphatic carbocycles. The summed E-state index contributed by atoms with van der Waals surface area (Å²) >= 11 is 0. The van der Waals surface area contributed by atoms with Crippen LogP contribution in [0, 0.1) is 6.92 Å². The summed E-state index contributed by atoms with van der Waals surface area (Å²) < 4.78 is 30.1. The van der Waals surface area contributed by atoms with Crippen molar-refractivity contribution in [1.82, 2.24) is 24.4 Å². The zero-order valence-corrected chi connectivity index (χ0v) is 18.4. The van der Waals surface area contributed by atoms with Gasteiger partial charge in [-0.05, 0) is 51.7 Å². The Balaban J connectivity index is 1.51. The number of rotatable bonds is 5. The molecule has 2 aliphatic rings. The van der Waals surface area contributed by atoms with Crippen LogP contribution in [-0.2, 0) is 27.8 Å². The molecule has 2 atom stereocenters. The molecule has 0 unspecified atom stereocenters. The van der Waals surface area contributed by atoms with Gasteiger partial charge in [-0.1, -0.05) is 24.1 Å². The highest BCUT2D eigenvalue weighted by Gasteiger charge is 2.37. The molecule has 1 saturated heterocycles. The third-order valence-corrected chi connectivity index (χ3v) is 7.56. The van der Waals surface area contributed by atoms with Gasteiger partial charge in [-0.3, -0.25) is 4.79 Å². The molecule has 1 N–H and O–H groups in total. The summed E-state index contributed by atoms with van der Waals surface area (Å²) in [4.78, 5) is 15.1. The lowest BCUT2D eigenvalue weighted by molar-refractivity contribution is -0.133. The maximum atomic E-state index is 13.2. The Morgan fingerprint density at radius 3 is 2.63 bits per heavy atom. The number of carbonyl (C=O) groups excluding carboxylic acids is 1. The van der Waals surface area contributed by atoms with Crippen molar-refractivity contribution < 1.29 is 13.2 Å². The van der Waals surface area contributed by atoms with Gasteiger partial charge in [0.1, 0.15) is 5.82 Å². The number of nitrogens with one attached hydrogen (secondary N) is 1. The molecule has 4 rings (SSSR count). The molecule has 162 valence electrons. The summed E-state index contributed by atoms with van der Waals surface area (Å²) in [6.45, 7) is 4.98. The highest BCUT2D eigenvalue weighted by molar-refractivity contribution is 7.89. The standard InChI is InChI=1S/C21H29N5O3S/c1-15-9-11-17(12-10-15)30(28,29)24-16(2)21(27)25-14-6-7-18(25)20-23-22-19-8-4-3-5-13-26(19)20/h9-12,16,18,24H,3-8,13-14H2,1-2H3/t16-,18+/m0/s1. The number of aryl methyl sites for hydroxylation is 2. The molecule has 1 aromatic heterocycles. The molecular formula is C21H29N5O3S. The Morgan fingerprint density at radius 2 is 1.87 bits per heavy atom. The predicted molar refractivity (Wildman–Crippen MR) is 112 cm³/mol. The van der Waals surface area contributed by atoms with Gasteiger partial charge in [0, 0.05) is 19.5 Å². The van der Waals surface area contributed by atoms with Gasteiger partial charge in [0.15, 0.2) is 5.82 Å². The largest absolute Gasteiger partial charge is 0.331 e. The van der Waals surface area contributed by atoms with Crippen LogP contribution >= 0.6 is 0 Å². The average Bonchev–Trinajstić information content (AvgIpc) is 3.28. The number of hydrogen-bond acceptors (Lipinski definition) is 5. The molecule has 1 amide bonds. The van der Waals surface area contributed by atoms with Gasteiger partial charge >= 0.3 is 0 Å². The number of benzene rings is 1. The minimum atomic E-state index is -3.77. The average molecular weight is 432 g/mol. The molecule has 1 aromatic carbocycles. The van der Waals surface area contributed by atoms with E-state index in [4.69, 9.17) is 0 Å². The molecule has 0 saturated carbocycles. The summed E-state index contributed by atoms with van der Waals surface area (Å²) in [5.74, 6) is 1.61. The number of sulfonamides is 1. The van der Waals surface area contributed by atoms with Crippen molar-refractivity contribution in [1.29, 1.82) is 0 Å². The Bertz CT molecular complexity index is 1020. The number of likely N-dealkylation sites (tertiary alicyclic amines) is 1. The lowest BCUT2D eigenvalue weighted by Crippen LogP contribution is -2.46. The number of amides is 1. The summed E-state index contributed by atoms with van der Waals surface area (Å²) in [7, 11) is -3.77. The second-order valence-corrected chi connectivity index (χ2v) is 10.00. The number of carbonyl (C=O) groups is 1. The quantitative estimate of drug-likeness (QED) is 0.784. The van der Waals surface area contributed by atoms with Crippen LogP contribution in [0.2, 0.25) is 0 Å². The Morgan fingerprint density at radius 1 is 1.10 bits per heavy atom. The zero-order chi connectivity index (χ0) is 21.3. The first-order valence-corrected chi connectivity index (χ1v) is 12.2. The van der Waals surface area contributed by atoms with E-state index in [2.05, 4.69) is 19.5 Å². The first-order chi connectivity index (χ1) is 14.4. The molecule has 3 heterocycles. The molecule has 9 heteroatoms. The van der Waals surface area contributed by atoms with Crippen molar-refractivity contribution in [2.24, 2.45) is 0 Å². The van der Waals surface area contributed by atoms with E-state index in [1.54, 1.807) is 36.1 Å². The third-order valence-electron chi connectivity index (χ3n) is 6.01. The normalized spacial score (nSPS) is 20.6. The van der Waals surface area contributed by atoms with Crippen LogP contribution in [0.4, 0.5) is 0 Å². The molecule has 8 nitrogen and oxygen atoms in total. The van der Waals surface area contributed by atoms with Crippen LogP contribution in [0.25, 0.3) is 0 Å². The molecular weight excluding hydrogens is 402 g/mol. The van der Waals surface area contributed by atoms with Gasteiger partial charge in [0.05, 0.1) is 17.0 Å². The monoisotopic (exact) mass is 431 g/mol. The second-order valence-electron chi connectivity index (χ2n) is 8.28. The van der Waals surface area contributed by atoms with Gasteiger partial charge in [-0.15, -0.1) is 10.2 Å². The highest BCUT2D eigenvalue weighted by Crippen LogP contribution is 2.33. The summed E-state index contributed by atoms with van der Waals surface area (Å²) in [6.07, 6.45) is 5.99. The Labute approximate surface area is 177 Å². The highest BCUT2D eigenvalue weighted by atomic mass is 32.2. The number of aromatic nitrogens is 3. The Hall–Kier alpha value is -2.26. The molecule has 1 fully saturated rings. The lowest BCUT2D eigenvalue weighted by Gasteiger charge is -2.27. The van der Waals surface area contributed by atoms with E-state index in [1.807, 2.05) is 6.92 Å². The van der Waals surface area contributed by atoms with E-state index in [9.17, 15) is 13.2 Å². The van der Waals surface area contributed by atoms with Crippen LogP contribution in [0.15, 0.2) is 29.2 Å². The first-order valence-electron chi connectivity index (χ1n) is 10.7. The maximum Gasteiger partial charge on any atom is 0.241 e. The van der Waals surface area contributed by atoms with Crippen molar-refractivity contribution in [2.75, 3.05) is 6.54 Å². The SMILES string of the molecule is Cc1ccc(S(=O)(=O)N[C@@H](C)C(=O)N2CCC[C@@H]2c2nnc3n2CCCCC3)cc1. The zero-order valence-electron chi connectivity index (χ0n) is 17.5. The topological polar surface area (TPSA) is 97.2 Å². The van der Waals surface area contributed by atoms with E-state index in [-0.39, 0.29) is 16.8 Å². The minimum Gasteiger partial charge on any atom is -0.331 e. The summed E-state index contributed by atoms with van der Waals surface area (Å²) in [5, 5.41) is 8.79. The fourth-order valence-corrected chi connectivity index (χ4v) is 5.57. The van der Waals surface area contributed by atoms with Gasteiger partial charge in [0.2, 0.25) is 15.9 Å². The van der Waals surface area contributed by atoms with Crippen LogP contribution in [-0.4, -0.2) is 46.6 Å². The molecule has 2 aliphatic heterocycles. The van der Waals surface area contributed by atoms with E-state index in [1.165, 1.54) is 6.42 Å². The fourth-order valence-electron chi connectivity index (χ4n) is 4.37. The van der Waals surface area contributed by atoms with Crippen LogP contribution in [0.5, 0.6) is 0 Å². The van der Waals surface area contributed by atoms with Gasteiger partial charge < -0.3 is 9.47 Å². The second kappa shape index (κ2) is 8.47. The fraction of sp³-hybridized carbons (Fsp3) is 0.571. The van der Waals surface area contributed by atoms with E-state index >= 15 is 0 Å². The number of hydrogen-bond donors (Lipinski definition) is 1. The van der Waals surface area contributed by atoms with Crippen molar-refractivity contribution >= 4 is 15.9 Å². The Kier molecular flexibility index (Phi) is 5.92. The van der Waals surface area contributed by atoms with Crippen molar-refractivity contribution in [3.05, 3.63) is 41.5 Å². The van der Waals surface area contributed by atoms with Crippen molar-refractivity contribution in [2.45, 2.75) is 75.9 Å². The predicted octanol–water partition coefficient (Wildman–Crippen LogP) is 2.34. The van der Waals surface area contributed by atoms with E-state index in [0.717, 1.165) is 55.9 Å². The third kappa shape index (κ3) is 4.13. The van der Waals surface area contributed by atoms with E-state index in [0.29, 0.717) is 6.54 Å². The van der Waals surface area contributed by atoms with Gasteiger partial charge in [-0.2, -0.15) is 4.72 Å². The number of nitrogens with zero attached hydrogens (tertiary/aromatic N) is 4. The molecule has 0 bridgehead atoms. The molecule has 0 radical (unpaired) electrons. The van der Waals surface area contributed by atoms with E-state index < -0.39 is 16.1 Å². The smallest absolute Gasteiger partial charge is 0.241 e. The lowest BCUT2D eigenvalue weighted by atomic mass is 10.2. The van der Waals surface area contributed by atoms with Crippen LogP contribution in [0.1, 0.15) is 62.3 Å². The summed E-state index contributed by atoms with van der Waals surface area (Å²) in [6, 6.07) is 5.59.